The SMILES string of the molecule is CC(=O)C1C(=O)C=C(C)OC1=O.Oc1ccccc1-c1ccccc1.[NaH]. The molecule has 5 nitrogen and oxygen atoms in total. The predicted octanol–water partition coefficient (Wildman–Crippen LogP) is 2.63. The maximum atomic E-state index is 11.1. The number of aromatic hydroxyl groups is 1. The number of phenolic OH excluding ortho intramolecular Hbond substituents is 1. The van der Waals surface area contributed by atoms with Gasteiger partial charge in [-0.05, 0) is 25.5 Å². The molecule has 1 unspecified atom stereocenters. The molecule has 6 heteroatoms. The van der Waals surface area contributed by atoms with Gasteiger partial charge in [-0.2, -0.15) is 0 Å². The van der Waals surface area contributed by atoms with Gasteiger partial charge in [0.2, 0.25) is 0 Å². The van der Waals surface area contributed by atoms with Gasteiger partial charge in [0.15, 0.2) is 17.5 Å². The van der Waals surface area contributed by atoms with Crippen LogP contribution in [0.5, 0.6) is 5.75 Å². The first-order valence-corrected chi connectivity index (χ1v) is 7.68. The summed E-state index contributed by atoms with van der Waals surface area (Å²) >= 11 is 0. The molecule has 1 atom stereocenters. The molecule has 0 aromatic heterocycles. The fourth-order valence-electron chi connectivity index (χ4n) is 2.35. The van der Waals surface area contributed by atoms with E-state index in [1.807, 2.05) is 48.5 Å². The van der Waals surface area contributed by atoms with Gasteiger partial charge in [-0.15, -0.1) is 0 Å². The molecule has 1 N–H and O–H groups in total. The first-order valence-electron chi connectivity index (χ1n) is 7.68. The summed E-state index contributed by atoms with van der Waals surface area (Å²) in [6.07, 6.45) is 1.16. The third kappa shape index (κ3) is 5.66. The second kappa shape index (κ2) is 10.1. The molecule has 1 heterocycles. The third-order valence-corrected chi connectivity index (χ3v) is 3.52. The molecule has 0 aliphatic carbocycles. The molecule has 26 heavy (non-hydrogen) atoms. The molecule has 0 spiro atoms. The number of esters is 1. The van der Waals surface area contributed by atoms with Crippen molar-refractivity contribution in [2.75, 3.05) is 0 Å². The normalized spacial score (nSPS) is 15.6. The second-order valence-corrected chi connectivity index (χ2v) is 5.51. The van der Waals surface area contributed by atoms with E-state index in [4.69, 9.17) is 0 Å². The molecule has 3 rings (SSSR count). The fourth-order valence-corrected chi connectivity index (χ4v) is 2.35. The predicted molar refractivity (Wildman–Crippen MR) is 99.7 cm³/mol. The van der Waals surface area contributed by atoms with Crippen molar-refractivity contribution in [1.82, 2.24) is 0 Å². The zero-order valence-corrected chi connectivity index (χ0v) is 13.9. The molecule has 1 aliphatic heterocycles. The number of ether oxygens (including phenoxy) is 1. The molecule has 0 saturated heterocycles. The minimum absolute atomic E-state index is 0. The number of Topliss-reactive ketones (excluding diaryl/α,β-unsaturated/α-hetero) is 1. The van der Waals surface area contributed by atoms with Gasteiger partial charge in [-0.25, -0.2) is 0 Å². The number of ketones is 2. The Balaban J connectivity index is 0.000000251. The number of phenols is 1. The average Bonchev–Trinajstić information content (AvgIpc) is 2.55. The van der Waals surface area contributed by atoms with E-state index in [0.29, 0.717) is 5.75 Å². The Morgan fingerprint density at radius 1 is 1.00 bits per heavy atom. The summed E-state index contributed by atoms with van der Waals surface area (Å²) in [4.78, 5) is 32.8. The topological polar surface area (TPSA) is 80.7 Å². The summed E-state index contributed by atoms with van der Waals surface area (Å²) in [5.74, 6) is -2.41. The first kappa shape index (κ1) is 21.8. The molecule has 130 valence electrons. The van der Waals surface area contributed by atoms with Crippen LogP contribution >= 0.6 is 0 Å². The quantitative estimate of drug-likeness (QED) is 0.505. The van der Waals surface area contributed by atoms with Gasteiger partial charge in [0.25, 0.3) is 0 Å². The zero-order valence-electron chi connectivity index (χ0n) is 13.9. The van der Waals surface area contributed by atoms with Gasteiger partial charge >= 0.3 is 35.5 Å². The van der Waals surface area contributed by atoms with Crippen LogP contribution in [-0.2, 0) is 19.1 Å². The van der Waals surface area contributed by atoms with E-state index >= 15 is 0 Å². The number of rotatable bonds is 2. The number of allylic oxidation sites excluding steroid dienone is 2. The molecule has 1 aliphatic rings. The average molecular weight is 362 g/mol. The van der Waals surface area contributed by atoms with Gasteiger partial charge < -0.3 is 9.84 Å². The zero-order chi connectivity index (χ0) is 18.4. The first-order chi connectivity index (χ1) is 11.9. The fraction of sp³-hybridized carbons (Fsp3) is 0.150. The summed E-state index contributed by atoms with van der Waals surface area (Å²) < 4.78 is 4.61. The molecular formula is C20H19NaO5. The van der Waals surface area contributed by atoms with Crippen molar-refractivity contribution in [1.29, 1.82) is 0 Å². The number of carbonyl (C=O) groups excluding carboxylic acids is 3. The van der Waals surface area contributed by atoms with Crippen LogP contribution in [0.1, 0.15) is 13.8 Å². The molecule has 0 saturated carbocycles. The molecule has 0 radical (unpaired) electrons. The van der Waals surface area contributed by atoms with E-state index in [1.54, 1.807) is 6.07 Å². The van der Waals surface area contributed by atoms with Gasteiger partial charge in [0.05, 0.1) is 0 Å². The Labute approximate surface area is 174 Å². The standard InChI is InChI=1S/C12H10O.C8H8O4.Na.H/c13-12-9-5-4-8-11(12)10-6-2-1-3-7-10;1-4-3-6(10)7(5(2)9)8(11)12-4;;/h1-9,13H;3,7H,1-2H3;;. The summed E-state index contributed by atoms with van der Waals surface area (Å²) in [5, 5.41) is 9.56. The van der Waals surface area contributed by atoms with E-state index in [9.17, 15) is 19.5 Å². The van der Waals surface area contributed by atoms with Crippen LogP contribution in [0.3, 0.4) is 0 Å². The summed E-state index contributed by atoms with van der Waals surface area (Å²) in [6.45, 7) is 2.68. The van der Waals surface area contributed by atoms with Gasteiger partial charge in [0, 0.05) is 11.6 Å². The number of hydrogen-bond acceptors (Lipinski definition) is 5. The van der Waals surface area contributed by atoms with Gasteiger partial charge in [-0.3, -0.25) is 14.4 Å². The van der Waals surface area contributed by atoms with Crippen molar-refractivity contribution < 1.29 is 24.2 Å². The van der Waals surface area contributed by atoms with E-state index in [-0.39, 0.29) is 35.3 Å². The molecule has 2 aromatic rings. The number of cyclic esters (lactones) is 1. The molecule has 2 aromatic carbocycles. The Bertz CT molecular complexity index is 827. The van der Waals surface area contributed by atoms with Crippen LogP contribution in [-0.4, -0.2) is 52.2 Å². The van der Waals surface area contributed by atoms with Crippen LogP contribution in [0.15, 0.2) is 66.4 Å². The summed E-state index contributed by atoms with van der Waals surface area (Å²) in [7, 11) is 0. The van der Waals surface area contributed by atoms with Crippen LogP contribution in [0.25, 0.3) is 11.1 Å². The second-order valence-electron chi connectivity index (χ2n) is 5.51. The van der Waals surface area contributed by atoms with E-state index < -0.39 is 23.5 Å². The van der Waals surface area contributed by atoms with Crippen LogP contribution < -0.4 is 0 Å². The number of para-hydroxylation sites is 1. The monoisotopic (exact) mass is 362 g/mol. The van der Waals surface area contributed by atoms with Crippen molar-refractivity contribution in [3.05, 3.63) is 66.4 Å². The number of carbonyl (C=O) groups is 3. The minimum atomic E-state index is -1.24. The maximum absolute atomic E-state index is 11.1. The van der Waals surface area contributed by atoms with Crippen molar-refractivity contribution >= 4 is 47.1 Å². The number of hydrogen-bond donors (Lipinski definition) is 1. The van der Waals surface area contributed by atoms with E-state index in [0.717, 1.165) is 17.2 Å². The van der Waals surface area contributed by atoms with Crippen molar-refractivity contribution in [2.24, 2.45) is 5.92 Å². The molecule has 0 bridgehead atoms. The van der Waals surface area contributed by atoms with Crippen LogP contribution in [0, 0.1) is 5.92 Å². The Morgan fingerprint density at radius 2 is 1.58 bits per heavy atom. The van der Waals surface area contributed by atoms with Crippen molar-refractivity contribution in [3.63, 3.8) is 0 Å². The van der Waals surface area contributed by atoms with Gasteiger partial charge in [0.1, 0.15) is 11.5 Å². The Morgan fingerprint density at radius 3 is 2.12 bits per heavy atom. The van der Waals surface area contributed by atoms with Crippen LogP contribution in [0.4, 0.5) is 0 Å². The Hall–Kier alpha value is -2.21. The molecule has 0 amide bonds. The summed E-state index contributed by atoms with van der Waals surface area (Å²) in [5.41, 5.74) is 1.92. The van der Waals surface area contributed by atoms with Gasteiger partial charge in [-0.1, -0.05) is 48.5 Å². The van der Waals surface area contributed by atoms with E-state index in [1.165, 1.54) is 13.8 Å². The third-order valence-electron chi connectivity index (χ3n) is 3.52. The molecule has 0 fully saturated rings. The van der Waals surface area contributed by atoms with Crippen molar-refractivity contribution in [2.45, 2.75) is 13.8 Å². The molecular weight excluding hydrogens is 343 g/mol. The van der Waals surface area contributed by atoms with Crippen LogP contribution in [0.2, 0.25) is 0 Å². The van der Waals surface area contributed by atoms with E-state index in [2.05, 4.69) is 4.74 Å². The van der Waals surface area contributed by atoms with Crippen molar-refractivity contribution in [3.8, 4) is 16.9 Å². The summed E-state index contributed by atoms with van der Waals surface area (Å²) in [6, 6.07) is 17.2. The number of benzene rings is 2. The Kier molecular flexibility index (Phi) is 8.45.